The number of nitrogens with one attached hydrogen (secondary N) is 1. The predicted octanol–water partition coefficient (Wildman–Crippen LogP) is 3.64. The third-order valence-corrected chi connectivity index (χ3v) is 3.38. The fraction of sp³-hybridized carbons (Fsp3) is 0.278. The molecule has 0 spiro atoms. The minimum atomic E-state index is -0.355. The van der Waals surface area contributed by atoms with Crippen molar-refractivity contribution in [2.75, 3.05) is 6.61 Å². The number of rotatable bonds is 6. The van der Waals surface area contributed by atoms with Crippen LogP contribution >= 0.6 is 0 Å². The van der Waals surface area contributed by atoms with E-state index in [2.05, 4.69) is 5.32 Å². The molecule has 22 heavy (non-hydrogen) atoms. The van der Waals surface area contributed by atoms with Gasteiger partial charge in [-0.25, -0.2) is 4.39 Å². The van der Waals surface area contributed by atoms with Crippen molar-refractivity contribution in [3.8, 4) is 5.75 Å². The van der Waals surface area contributed by atoms with Gasteiger partial charge < -0.3 is 10.1 Å². The van der Waals surface area contributed by atoms with Crippen molar-refractivity contribution in [1.29, 1.82) is 0 Å². The normalized spacial score (nSPS) is 11.8. The fourth-order valence-electron chi connectivity index (χ4n) is 2.21. The van der Waals surface area contributed by atoms with Crippen LogP contribution in [0.4, 0.5) is 4.39 Å². The van der Waals surface area contributed by atoms with Crippen LogP contribution in [0.3, 0.4) is 0 Å². The second-order valence-corrected chi connectivity index (χ2v) is 5.06. The van der Waals surface area contributed by atoms with Gasteiger partial charge in [-0.1, -0.05) is 30.3 Å². The molecule has 0 bridgehead atoms. The van der Waals surface area contributed by atoms with Crippen LogP contribution in [0.2, 0.25) is 0 Å². The van der Waals surface area contributed by atoms with Gasteiger partial charge in [-0.3, -0.25) is 4.79 Å². The molecule has 0 aliphatic carbocycles. The van der Waals surface area contributed by atoms with Gasteiger partial charge in [0.25, 0.3) is 0 Å². The van der Waals surface area contributed by atoms with Crippen LogP contribution in [-0.4, -0.2) is 12.5 Å². The first-order valence-electron chi connectivity index (χ1n) is 7.35. The molecule has 4 heteroatoms. The Morgan fingerprint density at radius 1 is 1.18 bits per heavy atom. The van der Waals surface area contributed by atoms with Crippen molar-refractivity contribution >= 4 is 5.91 Å². The number of amides is 1. The smallest absolute Gasteiger partial charge is 0.225 e. The molecule has 2 aromatic carbocycles. The lowest BCUT2D eigenvalue weighted by molar-refractivity contribution is -0.121. The third-order valence-electron chi connectivity index (χ3n) is 3.38. The average Bonchev–Trinajstić information content (AvgIpc) is 2.50. The highest BCUT2D eigenvalue weighted by Gasteiger charge is 2.12. The van der Waals surface area contributed by atoms with Gasteiger partial charge in [-0.2, -0.15) is 0 Å². The van der Waals surface area contributed by atoms with E-state index >= 15 is 0 Å². The zero-order chi connectivity index (χ0) is 15.9. The van der Waals surface area contributed by atoms with E-state index in [1.54, 1.807) is 18.2 Å². The Labute approximate surface area is 130 Å². The first kappa shape index (κ1) is 16.0. The summed E-state index contributed by atoms with van der Waals surface area (Å²) in [6.07, 6.45) is 0.0358. The van der Waals surface area contributed by atoms with E-state index in [1.165, 1.54) is 6.07 Å². The highest BCUT2D eigenvalue weighted by molar-refractivity contribution is 5.79. The summed E-state index contributed by atoms with van der Waals surface area (Å²) in [5.74, 6) is 0.244. The molecular weight excluding hydrogens is 281 g/mol. The number of hydrogen-bond acceptors (Lipinski definition) is 2. The third kappa shape index (κ3) is 4.32. The molecule has 1 atom stereocenters. The molecule has 0 radical (unpaired) electrons. The highest BCUT2D eigenvalue weighted by atomic mass is 19.1. The van der Waals surface area contributed by atoms with Crippen LogP contribution in [-0.2, 0) is 11.2 Å². The average molecular weight is 301 g/mol. The largest absolute Gasteiger partial charge is 0.494 e. The van der Waals surface area contributed by atoms with E-state index in [1.807, 2.05) is 38.1 Å². The summed E-state index contributed by atoms with van der Waals surface area (Å²) in [4.78, 5) is 12.0. The second kappa shape index (κ2) is 7.59. The van der Waals surface area contributed by atoms with Crippen molar-refractivity contribution < 1.29 is 13.9 Å². The van der Waals surface area contributed by atoms with E-state index < -0.39 is 0 Å². The minimum Gasteiger partial charge on any atom is -0.494 e. The molecule has 0 aromatic heterocycles. The first-order valence-corrected chi connectivity index (χ1v) is 7.35. The molecular formula is C18H20FNO2. The molecule has 2 rings (SSSR count). The summed E-state index contributed by atoms with van der Waals surface area (Å²) in [6, 6.07) is 13.7. The van der Waals surface area contributed by atoms with Crippen molar-refractivity contribution in [2.24, 2.45) is 0 Å². The van der Waals surface area contributed by atoms with Crippen LogP contribution < -0.4 is 10.1 Å². The van der Waals surface area contributed by atoms with Gasteiger partial charge in [0.05, 0.1) is 19.1 Å². The number of benzene rings is 2. The number of hydrogen-bond donors (Lipinski definition) is 1. The monoisotopic (exact) mass is 301 g/mol. The van der Waals surface area contributed by atoms with Crippen LogP contribution in [0.1, 0.15) is 31.0 Å². The van der Waals surface area contributed by atoms with Gasteiger partial charge in [0, 0.05) is 0 Å². The first-order chi connectivity index (χ1) is 10.6. The fourth-order valence-corrected chi connectivity index (χ4v) is 2.21. The maximum atomic E-state index is 13.5. The highest BCUT2D eigenvalue weighted by Crippen LogP contribution is 2.18. The molecule has 0 saturated heterocycles. The topological polar surface area (TPSA) is 38.3 Å². The van der Waals surface area contributed by atoms with Crippen molar-refractivity contribution in [3.63, 3.8) is 0 Å². The Hall–Kier alpha value is -2.36. The van der Waals surface area contributed by atoms with E-state index in [4.69, 9.17) is 4.74 Å². The Morgan fingerprint density at radius 2 is 1.86 bits per heavy atom. The number of ether oxygens (including phenoxy) is 1. The van der Waals surface area contributed by atoms with Gasteiger partial charge in [0.2, 0.25) is 5.91 Å². The Balaban J connectivity index is 1.94. The van der Waals surface area contributed by atoms with Crippen molar-refractivity contribution in [3.05, 3.63) is 65.5 Å². The Morgan fingerprint density at radius 3 is 2.50 bits per heavy atom. The molecule has 2 aromatic rings. The zero-order valence-electron chi connectivity index (χ0n) is 12.8. The Bertz CT molecular complexity index is 625. The molecule has 1 amide bonds. The molecule has 0 unspecified atom stereocenters. The lowest BCUT2D eigenvalue weighted by Crippen LogP contribution is -2.28. The van der Waals surface area contributed by atoms with Gasteiger partial charge in [0.15, 0.2) is 0 Å². The maximum absolute atomic E-state index is 13.5. The number of carbonyl (C=O) groups is 1. The molecule has 0 heterocycles. The van der Waals surface area contributed by atoms with Crippen LogP contribution in [0, 0.1) is 5.82 Å². The van der Waals surface area contributed by atoms with Gasteiger partial charge >= 0.3 is 0 Å². The molecule has 0 aliphatic heterocycles. The van der Waals surface area contributed by atoms with E-state index in [9.17, 15) is 9.18 Å². The van der Waals surface area contributed by atoms with Crippen LogP contribution in [0.5, 0.6) is 5.75 Å². The van der Waals surface area contributed by atoms with E-state index in [0.29, 0.717) is 12.2 Å². The quantitative estimate of drug-likeness (QED) is 0.884. The summed E-state index contributed by atoms with van der Waals surface area (Å²) in [7, 11) is 0. The lowest BCUT2D eigenvalue weighted by Gasteiger charge is -2.15. The summed E-state index contributed by atoms with van der Waals surface area (Å²) < 4.78 is 18.9. The summed E-state index contributed by atoms with van der Waals surface area (Å²) >= 11 is 0. The summed E-state index contributed by atoms with van der Waals surface area (Å²) in [5, 5.41) is 2.88. The van der Waals surface area contributed by atoms with E-state index in [-0.39, 0.29) is 24.2 Å². The molecule has 0 fully saturated rings. The molecule has 116 valence electrons. The van der Waals surface area contributed by atoms with Gasteiger partial charge in [-0.05, 0) is 43.2 Å². The van der Waals surface area contributed by atoms with Crippen LogP contribution in [0.15, 0.2) is 48.5 Å². The Kier molecular flexibility index (Phi) is 5.53. The molecule has 0 saturated carbocycles. The van der Waals surface area contributed by atoms with Crippen LogP contribution in [0.25, 0.3) is 0 Å². The number of carbonyl (C=O) groups excluding carboxylic acids is 1. The van der Waals surface area contributed by atoms with Crippen molar-refractivity contribution in [2.45, 2.75) is 26.3 Å². The minimum absolute atomic E-state index is 0.0358. The summed E-state index contributed by atoms with van der Waals surface area (Å²) in [6.45, 7) is 4.45. The number of halogens is 1. The molecule has 3 nitrogen and oxygen atoms in total. The predicted molar refractivity (Wildman–Crippen MR) is 84.3 cm³/mol. The van der Waals surface area contributed by atoms with Gasteiger partial charge in [0.1, 0.15) is 11.6 Å². The molecule has 1 N–H and O–H groups in total. The van der Waals surface area contributed by atoms with Gasteiger partial charge in [-0.15, -0.1) is 0 Å². The maximum Gasteiger partial charge on any atom is 0.225 e. The van der Waals surface area contributed by atoms with Crippen molar-refractivity contribution in [1.82, 2.24) is 5.32 Å². The lowest BCUT2D eigenvalue weighted by atomic mass is 10.1. The SMILES string of the molecule is CCOc1ccc([C@H](C)NC(=O)Cc2ccccc2F)cc1. The molecule has 0 aliphatic rings. The zero-order valence-corrected chi connectivity index (χ0v) is 12.8. The summed E-state index contributed by atoms with van der Waals surface area (Å²) in [5.41, 5.74) is 1.38. The standard InChI is InChI=1S/C18H20FNO2/c1-3-22-16-10-8-14(9-11-16)13(2)20-18(21)12-15-6-4-5-7-17(15)19/h4-11,13H,3,12H2,1-2H3,(H,20,21)/t13-/m0/s1. The van der Waals surface area contributed by atoms with E-state index in [0.717, 1.165) is 11.3 Å². The second-order valence-electron chi connectivity index (χ2n) is 5.06.